The van der Waals surface area contributed by atoms with E-state index < -0.39 is 17.8 Å². The van der Waals surface area contributed by atoms with Crippen molar-refractivity contribution in [2.75, 3.05) is 17.7 Å². The summed E-state index contributed by atoms with van der Waals surface area (Å²) in [4.78, 5) is 12.7. The number of benzene rings is 1. The number of halogens is 1. The molecule has 1 saturated carbocycles. The molecule has 1 fully saturated rings. The van der Waals surface area contributed by atoms with Gasteiger partial charge < -0.3 is 10.1 Å². The summed E-state index contributed by atoms with van der Waals surface area (Å²) in [6.45, 7) is 1.83. The van der Waals surface area contributed by atoms with Crippen LogP contribution in [0.15, 0.2) is 36.5 Å². The van der Waals surface area contributed by atoms with Crippen molar-refractivity contribution >= 4 is 27.5 Å². The molecule has 2 N–H and O–H groups in total. The molecule has 0 saturated heterocycles. The van der Waals surface area contributed by atoms with E-state index in [-0.39, 0.29) is 11.6 Å². The first-order valence-electron chi connectivity index (χ1n) is 10.5. The van der Waals surface area contributed by atoms with E-state index in [1.807, 2.05) is 19.1 Å². The van der Waals surface area contributed by atoms with Crippen molar-refractivity contribution in [2.24, 2.45) is 0 Å². The third kappa shape index (κ3) is 5.25. The standard InChI is InChI=1S/C22H25FN6O2S/c1-13-5-10-17(23)16(12-13)19(31-2)20(30)26-22-29-28-21(32-22)25-15-8-6-14(7-9-15)18-4-3-11-24-27-18/h3-5,10-12,14-15,19H,6-9H2,1-2H3,(H,25,28)(H,26,29,30). The monoisotopic (exact) mass is 456 g/mol. The van der Waals surface area contributed by atoms with Crippen molar-refractivity contribution in [3.63, 3.8) is 0 Å². The topological polar surface area (TPSA) is 102 Å². The Hall–Kier alpha value is -2.98. The minimum Gasteiger partial charge on any atom is -0.367 e. The first-order valence-corrected chi connectivity index (χ1v) is 11.3. The Bertz CT molecular complexity index is 1060. The number of methoxy groups -OCH3 is 1. The summed E-state index contributed by atoms with van der Waals surface area (Å²) in [5.41, 5.74) is 2.07. The van der Waals surface area contributed by atoms with Crippen LogP contribution in [0.25, 0.3) is 0 Å². The van der Waals surface area contributed by atoms with Crippen molar-refractivity contribution < 1.29 is 13.9 Å². The largest absolute Gasteiger partial charge is 0.367 e. The SMILES string of the molecule is COC(C(=O)Nc1nnc(NC2CCC(c3cccnn3)CC2)s1)c1cc(C)ccc1F. The number of nitrogens with zero attached hydrogens (tertiary/aromatic N) is 4. The normalized spacial score (nSPS) is 19.3. The number of rotatable bonds is 7. The Labute approximate surface area is 189 Å². The fourth-order valence-electron chi connectivity index (χ4n) is 3.98. The van der Waals surface area contributed by atoms with Crippen molar-refractivity contribution in [1.29, 1.82) is 0 Å². The fourth-order valence-corrected chi connectivity index (χ4v) is 4.71. The Balaban J connectivity index is 1.33. The molecule has 1 unspecified atom stereocenters. The van der Waals surface area contributed by atoms with E-state index in [4.69, 9.17) is 4.74 Å². The molecule has 32 heavy (non-hydrogen) atoms. The van der Waals surface area contributed by atoms with Gasteiger partial charge in [-0.25, -0.2) is 4.39 Å². The summed E-state index contributed by atoms with van der Waals surface area (Å²) >= 11 is 1.25. The number of anilines is 2. The summed E-state index contributed by atoms with van der Waals surface area (Å²) in [7, 11) is 1.37. The van der Waals surface area contributed by atoms with Crippen LogP contribution in [0.1, 0.15) is 54.5 Å². The van der Waals surface area contributed by atoms with E-state index in [9.17, 15) is 9.18 Å². The van der Waals surface area contributed by atoms with E-state index in [0.717, 1.165) is 36.9 Å². The third-order valence-electron chi connectivity index (χ3n) is 5.63. The molecule has 8 nitrogen and oxygen atoms in total. The highest BCUT2D eigenvalue weighted by atomic mass is 32.1. The Morgan fingerprint density at radius 1 is 1.16 bits per heavy atom. The van der Waals surface area contributed by atoms with E-state index in [1.165, 1.54) is 24.5 Å². The molecule has 2 heterocycles. The minimum atomic E-state index is -1.08. The number of hydrogen-bond donors (Lipinski definition) is 2. The lowest BCUT2D eigenvalue weighted by Gasteiger charge is -2.28. The highest BCUT2D eigenvalue weighted by Gasteiger charge is 2.26. The van der Waals surface area contributed by atoms with Crippen LogP contribution in [0.2, 0.25) is 0 Å². The second-order valence-electron chi connectivity index (χ2n) is 7.88. The van der Waals surface area contributed by atoms with Crippen LogP contribution in [0.5, 0.6) is 0 Å². The molecule has 0 bridgehead atoms. The lowest BCUT2D eigenvalue weighted by atomic mass is 9.84. The molecule has 168 valence electrons. The summed E-state index contributed by atoms with van der Waals surface area (Å²) in [6, 6.07) is 8.82. The van der Waals surface area contributed by atoms with Gasteiger partial charge in [0.2, 0.25) is 10.3 Å². The number of aromatic nitrogens is 4. The Kier molecular flexibility index (Phi) is 7.01. The number of ether oxygens (including phenoxy) is 1. The summed E-state index contributed by atoms with van der Waals surface area (Å²) < 4.78 is 19.5. The first-order chi connectivity index (χ1) is 15.5. The molecule has 1 aliphatic rings. The lowest BCUT2D eigenvalue weighted by molar-refractivity contribution is -0.126. The Morgan fingerprint density at radius 3 is 2.66 bits per heavy atom. The summed E-state index contributed by atoms with van der Waals surface area (Å²) in [5, 5.41) is 23.4. The molecular formula is C22H25FN6O2S. The first kappa shape index (κ1) is 22.2. The molecule has 1 aromatic carbocycles. The lowest BCUT2D eigenvalue weighted by Crippen LogP contribution is -2.25. The van der Waals surface area contributed by atoms with Gasteiger partial charge in [-0.15, -0.1) is 10.2 Å². The molecule has 1 aliphatic carbocycles. The smallest absolute Gasteiger partial charge is 0.260 e. The molecule has 10 heteroatoms. The van der Waals surface area contributed by atoms with Crippen LogP contribution in [0.4, 0.5) is 14.7 Å². The van der Waals surface area contributed by atoms with Gasteiger partial charge >= 0.3 is 0 Å². The highest BCUT2D eigenvalue weighted by molar-refractivity contribution is 7.19. The van der Waals surface area contributed by atoms with Crippen LogP contribution in [-0.4, -0.2) is 39.5 Å². The van der Waals surface area contributed by atoms with E-state index in [0.29, 0.717) is 16.2 Å². The number of amides is 1. The van der Waals surface area contributed by atoms with Gasteiger partial charge in [0.1, 0.15) is 5.82 Å². The summed E-state index contributed by atoms with van der Waals surface area (Å²) in [5.74, 6) is -0.558. The predicted octanol–water partition coefficient (Wildman–Crippen LogP) is 4.24. The fraction of sp³-hybridized carbons (Fsp3) is 0.409. The molecule has 1 atom stereocenters. The van der Waals surface area contributed by atoms with Crippen molar-refractivity contribution in [3.8, 4) is 0 Å². The average molecular weight is 457 g/mol. The van der Waals surface area contributed by atoms with Crippen molar-refractivity contribution in [2.45, 2.75) is 50.7 Å². The van der Waals surface area contributed by atoms with Gasteiger partial charge in [-0.3, -0.25) is 10.1 Å². The molecule has 3 aromatic rings. The average Bonchev–Trinajstić information content (AvgIpc) is 3.24. The van der Waals surface area contributed by atoms with Crippen molar-refractivity contribution in [3.05, 3.63) is 59.2 Å². The van der Waals surface area contributed by atoms with Gasteiger partial charge in [0.05, 0.1) is 5.69 Å². The number of carbonyl (C=O) groups excluding carboxylic acids is 1. The van der Waals surface area contributed by atoms with E-state index in [1.54, 1.807) is 18.3 Å². The van der Waals surface area contributed by atoms with Crippen LogP contribution in [-0.2, 0) is 9.53 Å². The number of carbonyl (C=O) groups is 1. The molecule has 1 amide bonds. The zero-order chi connectivity index (χ0) is 22.5. The number of hydrogen-bond acceptors (Lipinski definition) is 8. The van der Waals surface area contributed by atoms with Crippen molar-refractivity contribution in [1.82, 2.24) is 20.4 Å². The number of nitrogens with one attached hydrogen (secondary N) is 2. The molecule has 0 spiro atoms. The Morgan fingerprint density at radius 2 is 1.94 bits per heavy atom. The maximum absolute atomic E-state index is 14.2. The van der Waals surface area contributed by atoms with Gasteiger partial charge in [-0.1, -0.05) is 29.0 Å². The third-order valence-corrected chi connectivity index (χ3v) is 6.40. The molecular weight excluding hydrogens is 431 g/mol. The van der Waals surface area contributed by atoms with Gasteiger partial charge in [0, 0.05) is 30.8 Å². The van der Waals surface area contributed by atoms with Gasteiger partial charge in [0.25, 0.3) is 5.91 Å². The van der Waals surface area contributed by atoms with E-state index in [2.05, 4.69) is 31.0 Å². The van der Waals surface area contributed by atoms with Crippen LogP contribution >= 0.6 is 11.3 Å². The molecule has 4 rings (SSSR count). The predicted molar refractivity (Wildman–Crippen MR) is 120 cm³/mol. The quantitative estimate of drug-likeness (QED) is 0.548. The van der Waals surface area contributed by atoms with Crippen LogP contribution < -0.4 is 10.6 Å². The number of aryl methyl sites for hydroxylation is 1. The zero-order valence-electron chi connectivity index (χ0n) is 17.9. The van der Waals surface area contributed by atoms with E-state index >= 15 is 0 Å². The highest BCUT2D eigenvalue weighted by Crippen LogP contribution is 2.33. The second kappa shape index (κ2) is 10.1. The van der Waals surface area contributed by atoms with Crippen LogP contribution in [0.3, 0.4) is 0 Å². The summed E-state index contributed by atoms with van der Waals surface area (Å²) in [6.07, 6.45) is 4.63. The second-order valence-corrected chi connectivity index (χ2v) is 8.86. The van der Waals surface area contributed by atoms with Gasteiger partial charge in [-0.05, 0) is 50.8 Å². The molecule has 0 aliphatic heterocycles. The minimum absolute atomic E-state index is 0.188. The van der Waals surface area contributed by atoms with Crippen LogP contribution in [0, 0.1) is 12.7 Å². The van der Waals surface area contributed by atoms with Gasteiger partial charge in [0.15, 0.2) is 6.10 Å². The maximum Gasteiger partial charge on any atom is 0.260 e. The molecule has 2 aromatic heterocycles. The maximum atomic E-state index is 14.2. The molecule has 0 radical (unpaired) electrons. The van der Waals surface area contributed by atoms with Gasteiger partial charge in [-0.2, -0.15) is 10.2 Å². The zero-order valence-corrected chi connectivity index (χ0v) is 18.7.